The second-order valence-electron chi connectivity index (χ2n) is 11.5. The highest BCUT2D eigenvalue weighted by atomic mass is 32.1. The molecular weight excluding hydrogens is 605 g/mol. The molecule has 0 spiro atoms. The number of hydrogen-bond acceptors (Lipinski definition) is 6. The van der Waals surface area contributed by atoms with Gasteiger partial charge in [-0.1, -0.05) is 82.7 Å². The number of carbonyl (C=O) groups excluding carboxylic acids is 1. The van der Waals surface area contributed by atoms with Crippen molar-refractivity contribution in [3.05, 3.63) is 104 Å². The molecular formula is C40H58N2O2S2. The van der Waals surface area contributed by atoms with Gasteiger partial charge in [-0.15, -0.1) is 22.7 Å². The molecule has 2 heterocycles. The number of aldehydes is 1. The third-order valence-corrected chi connectivity index (χ3v) is 9.45. The number of unbranched alkanes of at least 4 members (excludes halogenated alkanes) is 6. The van der Waals surface area contributed by atoms with Crippen molar-refractivity contribution in [2.45, 2.75) is 113 Å². The minimum absolute atomic E-state index is 0.250. The van der Waals surface area contributed by atoms with Gasteiger partial charge >= 0.3 is 0 Å². The number of carbonyl (C=O) groups is 1. The molecule has 4 nitrogen and oxygen atoms in total. The van der Waals surface area contributed by atoms with E-state index in [1.165, 1.54) is 102 Å². The van der Waals surface area contributed by atoms with Crippen molar-refractivity contribution in [2.24, 2.45) is 4.99 Å². The first-order chi connectivity index (χ1) is 22.2. The van der Waals surface area contributed by atoms with Crippen LogP contribution in [0.25, 0.3) is 0 Å². The lowest BCUT2D eigenvalue weighted by Gasteiger charge is -1.99. The van der Waals surface area contributed by atoms with Crippen molar-refractivity contribution in [1.82, 2.24) is 0 Å². The molecule has 0 saturated carbocycles. The summed E-state index contributed by atoms with van der Waals surface area (Å²) in [5.41, 5.74) is 12.6. The van der Waals surface area contributed by atoms with Gasteiger partial charge in [0.2, 0.25) is 0 Å². The van der Waals surface area contributed by atoms with Gasteiger partial charge in [-0.25, -0.2) is 4.99 Å². The van der Waals surface area contributed by atoms with Gasteiger partial charge in [0.1, 0.15) is 11.3 Å². The number of anilines is 1. The SMILES string of the molecule is CCCCCCc1ccc(N)s1.CCCCCCc1ccc(N=Cc2ccc(C)c(C)c2)s1.CCO.Cc1ccc(C=O)cc1C. The molecule has 4 aromatic rings. The second kappa shape index (κ2) is 25.1. The highest BCUT2D eigenvalue weighted by molar-refractivity contribution is 7.16. The first kappa shape index (κ1) is 41.0. The van der Waals surface area contributed by atoms with Crippen molar-refractivity contribution < 1.29 is 9.90 Å². The molecule has 2 aromatic heterocycles. The average molecular weight is 663 g/mol. The van der Waals surface area contributed by atoms with E-state index in [0.717, 1.165) is 21.9 Å². The van der Waals surface area contributed by atoms with Gasteiger partial charge in [0, 0.05) is 28.1 Å². The Morgan fingerprint density at radius 2 is 1.15 bits per heavy atom. The Morgan fingerprint density at radius 3 is 1.63 bits per heavy atom. The zero-order valence-electron chi connectivity index (χ0n) is 29.4. The Kier molecular flexibility index (Phi) is 22.3. The minimum Gasteiger partial charge on any atom is -0.397 e. The number of aliphatic hydroxyl groups excluding tert-OH is 1. The number of nitrogen functional groups attached to an aromatic ring is 1. The van der Waals surface area contributed by atoms with E-state index in [0.29, 0.717) is 0 Å². The van der Waals surface area contributed by atoms with E-state index in [4.69, 9.17) is 10.8 Å². The van der Waals surface area contributed by atoms with Crippen LogP contribution in [-0.4, -0.2) is 24.2 Å². The van der Waals surface area contributed by atoms with E-state index in [1.807, 2.05) is 55.7 Å². The van der Waals surface area contributed by atoms with E-state index in [1.54, 1.807) is 18.3 Å². The van der Waals surface area contributed by atoms with Gasteiger partial charge in [0.25, 0.3) is 0 Å². The lowest BCUT2D eigenvalue weighted by Crippen LogP contribution is -1.85. The van der Waals surface area contributed by atoms with Gasteiger partial charge in [0.15, 0.2) is 0 Å². The molecule has 46 heavy (non-hydrogen) atoms. The summed E-state index contributed by atoms with van der Waals surface area (Å²) < 4.78 is 0. The molecule has 252 valence electrons. The summed E-state index contributed by atoms with van der Waals surface area (Å²) in [5.74, 6) is 0. The minimum atomic E-state index is 0.250. The normalized spacial score (nSPS) is 10.3. The van der Waals surface area contributed by atoms with Crippen molar-refractivity contribution >= 4 is 45.2 Å². The number of aryl methyl sites for hydroxylation is 6. The summed E-state index contributed by atoms with van der Waals surface area (Å²) in [7, 11) is 0. The highest BCUT2D eigenvalue weighted by Gasteiger charge is 2.00. The fourth-order valence-corrected chi connectivity index (χ4v) is 6.09. The van der Waals surface area contributed by atoms with Crippen LogP contribution in [0.4, 0.5) is 10.0 Å². The maximum Gasteiger partial charge on any atom is 0.150 e. The first-order valence-corrected chi connectivity index (χ1v) is 18.5. The summed E-state index contributed by atoms with van der Waals surface area (Å²) in [6.07, 6.45) is 15.9. The number of benzene rings is 2. The molecule has 0 saturated heterocycles. The highest BCUT2D eigenvalue weighted by Crippen LogP contribution is 2.26. The molecule has 0 aliphatic rings. The second-order valence-corrected chi connectivity index (χ2v) is 13.9. The van der Waals surface area contributed by atoms with Gasteiger partial charge < -0.3 is 10.8 Å². The third-order valence-electron chi connectivity index (χ3n) is 7.42. The molecule has 6 heteroatoms. The Morgan fingerprint density at radius 1 is 0.652 bits per heavy atom. The molecule has 4 rings (SSSR count). The number of aliphatic hydroxyl groups is 1. The molecule has 0 aliphatic carbocycles. The fraction of sp³-hybridized carbons (Fsp3) is 0.450. The van der Waals surface area contributed by atoms with Gasteiger partial charge in [-0.2, -0.15) is 0 Å². The van der Waals surface area contributed by atoms with Crippen LogP contribution in [0.3, 0.4) is 0 Å². The quantitative estimate of drug-likeness (QED) is 0.0849. The molecule has 3 N–H and O–H groups in total. The topological polar surface area (TPSA) is 75.7 Å². The van der Waals surface area contributed by atoms with Crippen LogP contribution in [0.5, 0.6) is 0 Å². The van der Waals surface area contributed by atoms with Crippen molar-refractivity contribution in [3.63, 3.8) is 0 Å². The largest absolute Gasteiger partial charge is 0.397 e. The maximum absolute atomic E-state index is 10.3. The van der Waals surface area contributed by atoms with Gasteiger partial charge in [0.05, 0.1) is 5.00 Å². The predicted octanol–water partition coefficient (Wildman–Crippen LogP) is 11.8. The van der Waals surface area contributed by atoms with Crippen LogP contribution >= 0.6 is 22.7 Å². The number of thiophene rings is 2. The van der Waals surface area contributed by atoms with Crippen LogP contribution in [0.1, 0.15) is 120 Å². The predicted molar refractivity (Wildman–Crippen MR) is 206 cm³/mol. The fourth-order valence-electron chi connectivity index (χ4n) is 4.37. The number of nitrogens with two attached hydrogens (primary N) is 1. The van der Waals surface area contributed by atoms with Crippen LogP contribution in [-0.2, 0) is 12.8 Å². The zero-order chi connectivity index (χ0) is 34.2. The van der Waals surface area contributed by atoms with Crippen molar-refractivity contribution in [3.8, 4) is 0 Å². The van der Waals surface area contributed by atoms with Crippen LogP contribution < -0.4 is 5.73 Å². The molecule has 0 atom stereocenters. The molecule has 0 unspecified atom stereocenters. The third kappa shape index (κ3) is 18.2. The van der Waals surface area contributed by atoms with Gasteiger partial charge in [-0.3, -0.25) is 4.79 Å². The number of nitrogens with zero attached hydrogens (tertiary/aromatic N) is 1. The monoisotopic (exact) mass is 662 g/mol. The van der Waals surface area contributed by atoms with E-state index >= 15 is 0 Å². The van der Waals surface area contributed by atoms with Crippen molar-refractivity contribution in [2.75, 3.05) is 12.3 Å². The molecule has 0 radical (unpaired) electrons. The Bertz CT molecular complexity index is 1400. The average Bonchev–Trinajstić information content (AvgIpc) is 3.69. The molecule has 2 aromatic carbocycles. The summed E-state index contributed by atoms with van der Waals surface area (Å²) in [6.45, 7) is 14.7. The lowest BCUT2D eigenvalue weighted by atomic mass is 10.1. The van der Waals surface area contributed by atoms with Crippen LogP contribution in [0.15, 0.2) is 65.7 Å². The maximum atomic E-state index is 10.3. The summed E-state index contributed by atoms with van der Waals surface area (Å²) >= 11 is 3.54. The van der Waals surface area contributed by atoms with E-state index in [2.05, 4.69) is 69.1 Å². The zero-order valence-corrected chi connectivity index (χ0v) is 31.0. The van der Waals surface area contributed by atoms with Gasteiger partial charge in [-0.05, 0) is 118 Å². The first-order valence-electron chi connectivity index (χ1n) is 16.8. The Hall–Kier alpha value is -3.06. The summed E-state index contributed by atoms with van der Waals surface area (Å²) in [5, 5.41) is 9.62. The summed E-state index contributed by atoms with van der Waals surface area (Å²) in [4.78, 5) is 17.8. The standard InChI is InChI=1S/C19H25NS.C10H17NS.C9H10O.C2H6O/c1-4-5-6-7-8-18-11-12-19(21-18)20-14-17-10-9-15(2)16(3)13-17;1-2-3-4-5-6-9-7-8-10(11)12-9;1-7-3-4-9(6-10)5-8(7)2;1-2-3/h9-14H,4-8H2,1-3H3;7-8H,2-6,11H2,1H3;3-6H,1-2H3;3H,2H2,1H3. The van der Waals surface area contributed by atoms with E-state index < -0.39 is 0 Å². The molecule has 0 aliphatic heterocycles. The van der Waals surface area contributed by atoms with Crippen molar-refractivity contribution in [1.29, 1.82) is 0 Å². The van der Waals surface area contributed by atoms with E-state index in [-0.39, 0.29) is 6.61 Å². The smallest absolute Gasteiger partial charge is 0.150 e. The Balaban J connectivity index is 0.000000358. The summed E-state index contributed by atoms with van der Waals surface area (Å²) in [6, 6.07) is 20.7. The van der Waals surface area contributed by atoms with Crippen LogP contribution in [0, 0.1) is 27.7 Å². The lowest BCUT2D eigenvalue weighted by molar-refractivity contribution is 0.112. The molecule has 0 amide bonds. The van der Waals surface area contributed by atoms with E-state index in [9.17, 15) is 4.79 Å². The molecule has 0 fully saturated rings. The number of aliphatic imine (C=N–C) groups is 1. The van der Waals surface area contributed by atoms with Crippen LogP contribution in [0.2, 0.25) is 0 Å². The number of rotatable bonds is 13. The Labute approximate surface area is 287 Å². The number of hydrogen-bond donors (Lipinski definition) is 2. The molecule has 0 bridgehead atoms.